The molecule has 1 saturated heterocycles. The number of nitrogens with one attached hydrogen (secondary N) is 1. The Morgan fingerprint density at radius 3 is 2.68 bits per heavy atom. The molecule has 2 N–H and O–H groups in total. The van der Waals surface area contributed by atoms with E-state index in [9.17, 15) is 9.90 Å². The molecule has 3 rings (SSSR count). The summed E-state index contributed by atoms with van der Waals surface area (Å²) in [5, 5.41) is 16.5. The zero-order valence-electron chi connectivity index (χ0n) is 13.0. The third-order valence-electron chi connectivity index (χ3n) is 4.34. The smallest absolute Gasteiger partial charge is 0.239 e. The highest BCUT2D eigenvalue weighted by Crippen LogP contribution is 2.32. The van der Waals surface area contributed by atoms with E-state index in [1.165, 1.54) is 12.8 Å². The van der Waals surface area contributed by atoms with Gasteiger partial charge >= 0.3 is 0 Å². The van der Waals surface area contributed by atoms with Crippen molar-refractivity contribution in [1.29, 1.82) is 0 Å². The number of piperazine rings is 1. The number of hydrogen-bond acceptors (Lipinski definition) is 6. The standard InChI is InChI=1S/C15H24N4O3/c1-11-8-14(17-22-11)16-15(21)10-19-6-4-18(5-7-19)9-13(20)12-2-3-12/h8,12-13,20H,2-7,9-10H2,1H3,(H,16,17,21). The molecule has 0 bridgehead atoms. The number of carbonyl (C=O) groups is 1. The molecule has 122 valence electrons. The Morgan fingerprint density at radius 2 is 2.09 bits per heavy atom. The molecule has 1 atom stereocenters. The Kier molecular flexibility index (Phi) is 4.75. The first-order valence-corrected chi connectivity index (χ1v) is 7.96. The molecule has 1 amide bonds. The van der Waals surface area contributed by atoms with Gasteiger partial charge in [0.05, 0.1) is 12.6 Å². The molecule has 1 saturated carbocycles. The van der Waals surface area contributed by atoms with Gasteiger partial charge in [0.2, 0.25) is 5.91 Å². The SMILES string of the molecule is Cc1cc(NC(=O)CN2CCN(CC(O)C3CC3)CC2)no1. The molecule has 0 radical (unpaired) electrons. The molecule has 22 heavy (non-hydrogen) atoms. The Balaban J connectivity index is 1.37. The maximum Gasteiger partial charge on any atom is 0.239 e. The summed E-state index contributed by atoms with van der Waals surface area (Å²) in [4.78, 5) is 16.4. The van der Waals surface area contributed by atoms with Gasteiger partial charge in [0.25, 0.3) is 0 Å². The van der Waals surface area contributed by atoms with Crippen LogP contribution in [0.5, 0.6) is 0 Å². The minimum Gasteiger partial charge on any atom is -0.392 e. The summed E-state index contributed by atoms with van der Waals surface area (Å²) in [6.45, 7) is 6.43. The van der Waals surface area contributed by atoms with Crippen LogP contribution in [0, 0.1) is 12.8 Å². The lowest BCUT2D eigenvalue weighted by atomic mass is 10.2. The molecule has 0 aromatic carbocycles. The Labute approximate surface area is 130 Å². The molecule has 7 nitrogen and oxygen atoms in total. The van der Waals surface area contributed by atoms with Crippen molar-refractivity contribution in [3.63, 3.8) is 0 Å². The number of carbonyl (C=O) groups excluding carboxylic acids is 1. The number of rotatable bonds is 6. The number of anilines is 1. The number of aromatic nitrogens is 1. The lowest BCUT2D eigenvalue weighted by Gasteiger charge is -2.35. The molecule has 1 unspecified atom stereocenters. The summed E-state index contributed by atoms with van der Waals surface area (Å²) < 4.78 is 4.92. The molecule has 0 spiro atoms. The fourth-order valence-electron chi connectivity index (χ4n) is 2.84. The Bertz CT molecular complexity index is 507. The zero-order chi connectivity index (χ0) is 15.5. The summed E-state index contributed by atoms with van der Waals surface area (Å²) >= 11 is 0. The maximum atomic E-state index is 12.0. The number of hydrogen-bond donors (Lipinski definition) is 2. The van der Waals surface area contributed by atoms with E-state index in [1.807, 2.05) is 0 Å². The first-order valence-electron chi connectivity index (χ1n) is 7.96. The molecule has 1 aliphatic carbocycles. The van der Waals surface area contributed by atoms with E-state index in [2.05, 4.69) is 20.3 Å². The topological polar surface area (TPSA) is 81.8 Å². The third kappa shape index (κ3) is 4.28. The van der Waals surface area contributed by atoms with E-state index < -0.39 is 0 Å². The second-order valence-corrected chi connectivity index (χ2v) is 6.35. The van der Waals surface area contributed by atoms with Gasteiger partial charge in [-0.3, -0.25) is 14.6 Å². The molecule has 1 aromatic rings. The first-order chi connectivity index (χ1) is 10.6. The molecule has 2 aliphatic rings. The second kappa shape index (κ2) is 6.76. The predicted octanol–water partition coefficient (Wildman–Crippen LogP) is 0.310. The van der Waals surface area contributed by atoms with Crippen LogP contribution in [0.2, 0.25) is 0 Å². The monoisotopic (exact) mass is 308 g/mol. The van der Waals surface area contributed by atoms with Gasteiger partial charge in [-0.25, -0.2) is 0 Å². The molecule has 7 heteroatoms. The van der Waals surface area contributed by atoms with Gasteiger partial charge in [-0.1, -0.05) is 5.16 Å². The van der Waals surface area contributed by atoms with Crippen molar-refractivity contribution in [2.75, 3.05) is 44.6 Å². The third-order valence-corrected chi connectivity index (χ3v) is 4.34. The van der Waals surface area contributed by atoms with Crippen molar-refractivity contribution in [2.45, 2.75) is 25.9 Å². The van der Waals surface area contributed by atoms with Crippen LogP contribution in [-0.4, -0.2) is 71.3 Å². The van der Waals surface area contributed by atoms with Gasteiger partial charge in [0.1, 0.15) is 5.76 Å². The number of amides is 1. The van der Waals surface area contributed by atoms with Crippen LogP contribution >= 0.6 is 0 Å². The molecule has 2 heterocycles. The Morgan fingerprint density at radius 1 is 1.41 bits per heavy atom. The van der Waals surface area contributed by atoms with Gasteiger partial charge in [-0.2, -0.15) is 0 Å². The van der Waals surface area contributed by atoms with Gasteiger partial charge < -0.3 is 14.9 Å². The Hall–Kier alpha value is -1.44. The van der Waals surface area contributed by atoms with Crippen molar-refractivity contribution < 1.29 is 14.4 Å². The lowest BCUT2D eigenvalue weighted by Crippen LogP contribution is -2.50. The van der Waals surface area contributed by atoms with E-state index in [-0.39, 0.29) is 12.0 Å². The number of β-amino-alcohol motifs (C(OH)–C–C–N with tert-alkyl or cyclic N) is 1. The van der Waals surface area contributed by atoms with Gasteiger partial charge in [-0.15, -0.1) is 0 Å². The maximum absolute atomic E-state index is 12.0. The molecular weight excluding hydrogens is 284 g/mol. The molecular formula is C15H24N4O3. The van der Waals surface area contributed by atoms with Crippen LogP contribution in [0.15, 0.2) is 10.6 Å². The van der Waals surface area contributed by atoms with E-state index >= 15 is 0 Å². The van der Waals surface area contributed by atoms with Crippen LogP contribution in [0.1, 0.15) is 18.6 Å². The summed E-state index contributed by atoms with van der Waals surface area (Å²) in [7, 11) is 0. The summed E-state index contributed by atoms with van der Waals surface area (Å²) in [6.07, 6.45) is 2.16. The second-order valence-electron chi connectivity index (χ2n) is 6.35. The van der Waals surface area contributed by atoms with Gasteiger partial charge in [0, 0.05) is 38.8 Å². The van der Waals surface area contributed by atoms with E-state index in [1.54, 1.807) is 13.0 Å². The fourth-order valence-corrected chi connectivity index (χ4v) is 2.84. The molecule has 2 fully saturated rings. The average Bonchev–Trinajstić information content (AvgIpc) is 3.25. The van der Waals surface area contributed by atoms with Crippen LogP contribution in [0.25, 0.3) is 0 Å². The van der Waals surface area contributed by atoms with Gasteiger partial charge in [0.15, 0.2) is 5.82 Å². The highest BCUT2D eigenvalue weighted by Gasteiger charge is 2.31. The molecule has 1 aliphatic heterocycles. The minimum atomic E-state index is -0.176. The number of aryl methyl sites for hydroxylation is 1. The van der Waals surface area contributed by atoms with Crippen molar-refractivity contribution >= 4 is 11.7 Å². The summed E-state index contributed by atoms with van der Waals surface area (Å²) in [5.41, 5.74) is 0. The number of nitrogens with zero attached hydrogens (tertiary/aromatic N) is 3. The van der Waals surface area contributed by atoms with E-state index in [4.69, 9.17) is 4.52 Å². The fraction of sp³-hybridized carbons (Fsp3) is 0.733. The highest BCUT2D eigenvalue weighted by atomic mass is 16.5. The average molecular weight is 308 g/mol. The number of aliphatic hydroxyl groups is 1. The van der Waals surface area contributed by atoms with Crippen LogP contribution in [0.4, 0.5) is 5.82 Å². The largest absolute Gasteiger partial charge is 0.392 e. The highest BCUT2D eigenvalue weighted by molar-refractivity contribution is 5.91. The summed E-state index contributed by atoms with van der Waals surface area (Å²) in [5.74, 6) is 1.60. The van der Waals surface area contributed by atoms with Crippen LogP contribution in [-0.2, 0) is 4.79 Å². The quantitative estimate of drug-likeness (QED) is 0.787. The van der Waals surface area contributed by atoms with E-state index in [0.29, 0.717) is 24.0 Å². The van der Waals surface area contributed by atoms with E-state index in [0.717, 1.165) is 32.7 Å². The summed E-state index contributed by atoms with van der Waals surface area (Å²) in [6, 6.07) is 1.70. The van der Waals surface area contributed by atoms with Crippen molar-refractivity contribution in [1.82, 2.24) is 15.0 Å². The molecule has 1 aromatic heterocycles. The lowest BCUT2D eigenvalue weighted by molar-refractivity contribution is -0.117. The van der Waals surface area contributed by atoms with Crippen molar-refractivity contribution in [2.24, 2.45) is 5.92 Å². The van der Waals surface area contributed by atoms with Gasteiger partial charge in [-0.05, 0) is 25.7 Å². The zero-order valence-corrected chi connectivity index (χ0v) is 13.0. The normalized spacial score (nSPS) is 21.7. The predicted molar refractivity (Wildman–Crippen MR) is 81.5 cm³/mol. The first kappa shape index (κ1) is 15.5. The van der Waals surface area contributed by atoms with Crippen molar-refractivity contribution in [3.8, 4) is 0 Å². The van der Waals surface area contributed by atoms with Crippen molar-refractivity contribution in [3.05, 3.63) is 11.8 Å². The number of aliphatic hydroxyl groups excluding tert-OH is 1. The van der Waals surface area contributed by atoms with Crippen LogP contribution in [0.3, 0.4) is 0 Å². The minimum absolute atomic E-state index is 0.0697. The van der Waals surface area contributed by atoms with Crippen LogP contribution < -0.4 is 5.32 Å².